The van der Waals surface area contributed by atoms with Gasteiger partial charge in [-0.1, -0.05) is 24.3 Å². The van der Waals surface area contributed by atoms with E-state index >= 15 is 0 Å². The summed E-state index contributed by atoms with van der Waals surface area (Å²) in [7, 11) is 1.19. The van der Waals surface area contributed by atoms with Crippen LogP contribution in [0.4, 0.5) is 24.8 Å². The van der Waals surface area contributed by atoms with Crippen molar-refractivity contribution in [3.63, 3.8) is 0 Å². The summed E-state index contributed by atoms with van der Waals surface area (Å²) >= 11 is 0. The zero-order chi connectivity index (χ0) is 30.4. The molecule has 0 spiro atoms. The molecule has 2 aromatic carbocycles. The lowest BCUT2D eigenvalue weighted by molar-refractivity contribution is -0.138. The number of nitrogens with one attached hydrogen (secondary N) is 2. The average Bonchev–Trinajstić information content (AvgIpc) is 3.35. The van der Waals surface area contributed by atoms with Crippen molar-refractivity contribution in [1.82, 2.24) is 20.1 Å². The number of aromatic amines is 1. The van der Waals surface area contributed by atoms with E-state index < -0.39 is 29.4 Å². The number of nitrogens with zero attached hydrogens (tertiary/aromatic N) is 4. The molecule has 1 unspecified atom stereocenters. The van der Waals surface area contributed by atoms with E-state index in [0.717, 1.165) is 17.7 Å². The Morgan fingerprint density at radius 2 is 2.02 bits per heavy atom. The fourth-order valence-electron chi connectivity index (χ4n) is 4.94. The Hall–Kier alpha value is -5.05. The van der Waals surface area contributed by atoms with E-state index in [9.17, 15) is 28.0 Å². The summed E-state index contributed by atoms with van der Waals surface area (Å²) in [5.74, 6) is -0.764. The molecule has 3 aromatic rings. The summed E-state index contributed by atoms with van der Waals surface area (Å²) in [6.45, 7) is 4.09. The normalized spacial score (nSPS) is 15.3. The molecule has 1 aromatic heterocycles. The van der Waals surface area contributed by atoms with Gasteiger partial charge in [-0.3, -0.25) is 4.90 Å². The van der Waals surface area contributed by atoms with Crippen molar-refractivity contribution < 1.29 is 22.7 Å². The Labute approximate surface area is 240 Å². The van der Waals surface area contributed by atoms with E-state index in [0.29, 0.717) is 30.5 Å². The zero-order valence-electron chi connectivity index (χ0n) is 23.2. The number of alkyl halides is 3. The number of nitriles is 1. The molecule has 42 heavy (non-hydrogen) atoms. The second kappa shape index (κ2) is 12.6. The first-order valence-electron chi connectivity index (χ1n) is 13.1. The number of carbonyl (C=O) groups excluding carboxylic acids is 1. The number of anilines is 2. The third-order valence-corrected chi connectivity index (χ3v) is 6.83. The summed E-state index contributed by atoms with van der Waals surface area (Å²) in [4.78, 5) is 27.9. The largest absolute Gasteiger partial charge is 0.466 e. The van der Waals surface area contributed by atoms with Gasteiger partial charge in [-0.15, -0.1) is 5.10 Å². The van der Waals surface area contributed by atoms with E-state index in [1.54, 1.807) is 25.1 Å². The summed E-state index contributed by atoms with van der Waals surface area (Å²) in [5.41, 5.74) is 0.448. The van der Waals surface area contributed by atoms with Crippen LogP contribution in [0, 0.1) is 11.3 Å². The number of fused-ring (bicyclic) bond motifs is 1. The number of benzene rings is 2. The van der Waals surface area contributed by atoms with E-state index in [1.165, 1.54) is 28.7 Å². The number of aromatic nitrogens is 3. The standard InChI is InChI=1S/C30H29F3N6O3/c1-4-5-6-14-35-15-8-9-21-16-20(18-34)12-13-24(21)26-25(27(40)42-3)19(2)38(28-36-37-29(41)39(26)28)23-11-7-10-22(17-23)30(31,32)33/h4-7,10-14,16-17,26,35H,8-9,15H2,1-3H3,(H,37,41). The molecule has 0 saturated heterocycles. The van der Waals surface area contributed by atoms with Gasteiger partial charge < -0.3 is 10.1 Å². The van der Waals surface area contributed by atoms with Crippen molar-refractivity contribution in [3.05, 3.63) is 111 Å². The summed E-state index contributed by atoms with van der Waals surface area (Å²) in [6, 6.07) is 10.6. The predicted molar refractivity (Wildman–Crippen MR) is 151 cm³/mol. The number of esters is 1. The van der Waals surface area contributed by atoms with Crippen LogP contribution in [0.1, 0.15) is 48.6 Å². The van der Waals surface area contributed by atoms with Gasteiger partial charge in [0.05, 0.1) is 29.9 Å². The molecular formula is C30H29F3N6O3. The first-order chi connectivity index (χ1) is 20.1. The molecule has 1 aliphatic rings. The van der Waals surface area contributed by atoms with E-state index in [1.807, 2.05) is 31.4 Å². The van der Waals surface area contributed by atoms with E-state index in [2.05, 4.69) is 21.6 Å². The molecule has 0 aliphatic carbocycles. The Morgan fingerprint density at radius 1 is 1.24 bits per heavy atom. The van der Waals surface area contributed by atoms with Crippen LogP contribution in [-0.2, 0) is 22.1 Å². The molecular weight excluding hydrogens is 549 g/mol. The molecule has 1 aliphatic heterocycles. The average molecular weight is 579 g/mol. The molecule has 0 fully saturated rings. The van der Waals surface area contributed by atoms with Crippen LogP contribution < -0.4 is 15.9 Å². The molecule has 12 heteroatoms. The predicted octanol–water partition coefficient (Wildman–Crippen LogP) is 5.26. The fourth-order valence-corrected chi connectivity index (χ4v) is 4.94. The summed E-state index contributed by atoms with van der Waals surface area (Å²) < 4.78 is 47.0. The molecule has 2 heterocycles. The maximum atomic E-state index is 13.6. The number of H-pyrrole nitrogens is 1. The number of carbonyl (C=O) groups is 1. The number of hydrogen-bond donors (Lipinski definition) is 2. The van der Waals surface area contributed by atoms with E-state index in [-0.39, 0.29) is 22.9 Å². The Kier molecular flexibility index (Phi) is 9.00. The monoisotopic (exact) mass is 578 g/mol. The minimum Gasteiger partial charge on any atom is -0.466 e. The van der Waals surface area contributed by atoms with Crippen molar-refractivity contribution in [2.24, 2.45) is 0 Å². The van der Waals surface area contributed by atoms with Crippen LogP contribution in [0.5, 0.6) is 0 Å². The SMILES string of the molecule is CC=CC=CNCCCc1cc(C#N)ccc1C1C(C(=O)OC)=C(C)N(c2cccc(C(F)(F)F)c2)c2n[nH]c(=O)n21. The lowest BCUT2D eigenvalue weighted by atomic mass is 9.88. The number of methoxy groups -OCH3 is 1. The maximum Gasteiger partial charge on any atom is 0.416 e. The number of aryl methyl sites for hydroxylation is 1. The van der Waals surface area contributed by atoms with E-state index in [4.69, 9.17) is 4.74 Å². The third-order valence-electron chi connectivity index (χ3n) is 6.83. The Morgan fingerprint density at radius 3 is 2.71 bits per heavy atom. The highest BCUT2D eigenvalue weighted by atomic mass is 19.4. The zero-order valence-corrected chi connectivity index (χ0v) is 23.2. The lowest BCUT2D eigenvalue weighted by Gasteiger charge is -2.36. The highest BCUT2D eigenvalue weighted by Gasteiger charge is 2.41. The molecule has 0 bridgehead atoms. The highest BCUT2D eigenvalue weighted by Crippen LogP contribution is 2.43. The van der Waals surface area contributed by atoms with Crippen LogP contribution in [0.3, 0.4) is 0 Å². The van der Waals surface area contributed by atoms with Crippen molar-refractivity contribution in [2.45, 2.75) is 38.9 Å². The molecule has 4 rings (SSSR count). The molecule has 2 N–H and O–H groups in total. The van der Waals surface area contributed by atoms with Gasteiger partial charge in [0.2, 0.25) is 5.95 Å². The van der Waals surface area contributed by atoms with Crippen molar-refractivity contribution >= 4 is 17.6 Å². The van der Waals surface area contributed by atoms with Gasteiger partial charge in [0.15, 0.2) is 0 Å². The Bertz CT molecular complexity index is 1660. The second-order valence-corrected chi connectivity index (χ2v) is 9.44. The fraction of sp³-hybridized carbons (Fsp3) is 0.267. The molecule has 218 valence electrons. The van der Waals surface area contributed by atoms with Gasteiger partial charge in [0.25, 0.3) is 0 Å². The first-order valence-corrected chi connectivity index (χ1v) is 13.1. The van der Waals surface area contributed by atoms with Gasteiger partial charge in [0, 0.05) is 17.9 Å². The van der Waals surface area contributed by atoms with Crippen LogP contribution in [-0.4, -0.2) is 34.4 Å². The van der Waals surface area contributed by atoms with Gasteiger partial charge in [-0.25, -0.2) is 19.3 Å². The molecule has 0 amide bonds. The third kappa shape index (κ3) is 6.00. The summed E-state index contributed by atoms with van der Waals surface area (Å²) in [6.07, 6.45) is 4.01. The van der Waals surface area contributed by atoms with Gasteiger partial charge in [-0.2, -0.15) is 18.4 Å². The van der Waals surface area contributed by atoms with Crippen molar-refractivity contribution in [2.75, 3.05) is 18.6 Å². The quantitative estimate of drug-likeness (QED) is 0.202. The van der Waals surface area contributed by atoms with Gasteiger partial charge in [-0.05, 0) is 80.4 Å². The van der Waals surface area contributed by atoms with Crippen LogP contribution in [0.25, 0.3) is 0 Å². The minimum absolute atomic E-state index is 0.000528. The smallest absolute Gasteiger partial charge is 0.416 e. The van der Waals surface area contributed by atoms with Gasteiger partial charge >= 0.3 is 17.8 Å². The van der Waals surface area contributed by atoms with Gasteiger partial charge in [0.1, 0.15) is 6.04 Å². The number of ether oxygens (including phenoxy) is 1. The first kappa shape index (κ1) is 29.9. The second-order valence-electron chi connectivity index (χ2n) is 9.44. The number of halogens is 3. The number of allylic oxidation sites excluding steroid dienone is 4. The maximum absolute atomic E-state index is 13.6. The molecule has 9 nitrogen and oxygen atoms in total. The lowest BCUT2D eigenvalue weighted by Crippen LogP contribution is -2.38. The summed E-state index contributed by atoms with van der Waals surface area (Å²) in [5, 5.41) is 19.3. The molecule has 0 radical (unpaired) electrons. The van der Waals surface area contributed by atoms with Crippen molar-refractivity contribution in [3.8, 4) is 6.07 Å². The number of hydrogen-bond acceptors (Lipinski definition) is 7. The molecule has 1 atom stereocenters. The topological polar surface area (TPSA) is 116 Å². The number of rotatable bonds is 9. The van der Waals surface area contributed by atoms with Crippen LogP contribution >= 0.6 is 0 Å². The Balaban J connectivity index is 1.86. The molecule has 0 saturated carbocycles. The van der Waals surface area contributed by atoms with Crippen LogP contribution in [0.2, 0.25) is 0 Å². The van der Waals surface area contributed by atoms with Crippen LogP contribution in [0.15, 0.2) is 83.0 Å². The highest BCUT2D eigenvalue weighted by molar-refractivity contribution is 5.93. The van der Waals surface area contributed by atoms with Crippen molar-refractivity contribution in [1.29, 1.82) is 5.26 Å². The minimum atomic E-state index is -4.61.